The van der Waals surface area contributed by atoms with Crippen LogP contribution in [0.2, 0.25) is 5.02 Å². The van der Waals surface area contributed by atoms with Crippen LogP contribution in [-0.2, 0) is 0 Å². The van der Waals surface area contributed by atoms with Crippen LogP contribution in [0.25, 0.3) is 0 Å². The molecule has 1 aliphatic rings. The fourth-order valence-corrected chi connectivity index (χ4v) is 3.58. The molecule has 1 saturated carbocycles. The van der Waals surface area contributed by atoms with Crippen molar-refractivity contribution in [2.75, 3.05) is 7.05 Å². The van der Waals surface area contributed by atoms with E-state index < -0.39 is 0 Å². The molecule has 3 atom stereocenters. The van der Waals surface area contributed by atoms with Gasteiger partial charge in [-0.1, -0.05) is 43.9 Å². The lowest BCUT2D eigenvalue weighted by Crippen LogP contribution is -2.29. The summed E-state index contributed by atoms with van der Waals surface area (Å²) in [6, 6.07) is 5.39. The summed E-state index contributed by atoms with van der Waals surface area (Å²) in [5, 5.41) is 3.62. The van der Waals surface area contributed by atoms with Crippen LogP contribution in [0.1, 0.15) is 50.6 Å². The monoisotopic (exact) mass is 283 g/mol. The Kier molecular flexibility index (Phi) is 5.23. The maximum absolute atomic E-state index is 13.3. The zero-order chi connectivity index (χ0) is 13.8. The number of hydrogen-bond donors (Lipinski definition) is 1. The molecule has 0 aromatic heterocycles. The summed E-state index contributed by atoms with van der Waals surface area (Å²) in [5.41, 5.74) is 1.11. The number of nitrogens with one attached hydrogen (secondary N) is 1. The van der Waals surface area contributed by atoms with Gasteiger partial charge < -0.3 is 5.32 Å². The molecule has 3 unspecified atom stereocenters. The summed E-state index contributed by atoms with van der Waals surface area (Å²) in [7, 11) is 1.98. The van der Waals surface area contributed by atoms with E-state index in [0.717, 1.165) is 11.5 Å². The summed E-state index contributed by atoms with van der Waals surface area (Å²) in [5.74, 6) is 1.13. The molecule has 0 spiro atoms. The lowest BCUT2D eigenvalue weighted by Gasteiger charge is -2.34. The van der Waals surface area contributed by atoms with Gasteiger partial charge in [0.2, 0.25) is 0 Å². The Balaban J connectivity index is 2.16. The average Bonchev–Trinajstić information content (AvgIpc) is 2.44. The number of rotatable bonds is 4. The Morgan fingerprint density at radius 2 is 2.21 bits per heavy atom. The van der Waals surface area contributed by atoms with Crippen LogP contribution in [0.4, 0.5) is 4.39 Å². The minimum Gasteiger partial charge on any atom is -0.313 e. The second-order valence-electron chi connectivity index (χ2n) is 5.64. The van der Waals surface area contributed by atoms with Crippen molar-refractivity contribution in [1.29, 1.82) is 0 Å². The Morgan fingerprint density at radius 1 is 1.42 bits per heavy atom. The number of halogens is 2. The first kappa shape index (κ1) is 14.8. The Labute approximate surface area is 120 Å². The first-order valence-corrected chi connectivity index (χ1v) is 7.65. The smallest absolute Gasteiger partial charge is 0.141 e. The van der Waals surface area contributed by atoms with E-state index in [2.05, 4.69) is 12.2 Å². The van der Waals surface area contributed by atoms with Gasteiger partial charge in [0.25, 0.3) is 0 Å². The third-order valence-corrected chi connectivity index (χ3v) is 4.78. The summed E-state index contributed by atoms with van der Waals surface area (Å²) >= 11 is 5.91. The maximum atomic E-state index is 13.3. The summed E-state index contributed by atoms with van der Waals surface area (Å²) in [4.78, 5) is 0. The summed E-state index contributed by atoms with van der Waals surface area (Å²) < 4.78 is 13.3. The maximum Gasteiger partial charge on any atom is 0.141 e. The van der Waals surface area contributed by atoms with Crippen LogP contribution >= 0.6 is 11.6 Å². The minimum atomic E-state index is -0.338. The van der Waals surface area contributed by atoms with Crippen molar-refractivity contribution < 1.29 is 4.39 Å². The van der Waals surface area contributed by atoms with Crippen molar-refractivity contribution in [3.8, 4) is 0 Å². The second-order valence-corrected chi connectivity index (χ2v) is 6.05. The predicted molar refractivity (Wildman–Crippen MR) is 78.9 cm³/mol. The molecule has 19 heavy (non-hydrogen) atoms. The van der Waals surface area contributed by atoms with Gasteiger partial charge in [-0.05, 0) is 49.4 Å². The lowest BCUT2D eigenvalue weighted by molar-refractivity contribution is 0.214. The van der Waals surface area contributed by atoms with E-state index in [9.17, 15) is 4.39 Å². The molecule has 1 aromatic carbocycles. The quantitative estimate of drug-likeness (QED) is 0.824. The van der Waals surface area contributed by atoms with Gasteiger partial charge in [0.15, 0.2) is 0 Å². The van der Waals surface area contributed by atoms with Gasteiger partial charge in [0.05, 0.1) is 5.02 Å². The van der Waals surface area contributed by atoms with Crippen molar-refractivity contribution >= 4 is 11.6 Å². The standard InChI is InChI=1S/C16H23ClFN/c1-3-11-5-4-6-12(9-11)16(19-2)13-7-8-15(18)14(17)10-13/h7-8,10-12,16,19H,3-6,9H2,1-2H3. The molecule has 0 saturated heterocycles. The molecule has 1 aromatic rings. The normalized spacial score (nSPS) is 25.3. The Bertz CT molecular complexity index is 421. The number of hydrogen-bond acceptors (Lipinski definition) is 1. The van der Waals surface area contributed by atoms with Gasteiger partial charge in [-0.25, -0.2) is 4.39 Å². The van der Waals surface area contributed by atoms with Gasteiger partial charge >= 0.3 is 0 Å². The van der Waals surface area contributed by atoms with E-state index in [1.54, 1.807) is 6.07 Å². The van der Waals surface area contributed by atoms with E-state index in [1.165, 1.54) is 38.2 Å². The highest BCUT2D eigenvalue weighted by Crippen LogP contribution is 2.38. The zero-order valence-electron chi connectivity index (χ0n) is 11.8. The van der Waals surface area contributed by atoms with Crippen LogP contribution < -0.4 is 5.32 Å². The summed E-state index contributed by atoms with van der Waals surface area (Å²) in [6.07, 6.45) is 6.43. The highest BCUT2D eigenvalue weighted by atomic mass is 35.5. The molecule has 1 N–H and O–H groups in total. The molecule has 0 amide bonds. The summed E-state index contributed by atoms with van der Waals surface area (Å²) in [6.45, 7) is 2.27. The first-order chi connectivity index (χ1) is 9.15. The first-order valence-electron chi connectivity index (χ1n) is 7.28. The molecular formula is C16H23ClFN. The van der Waals surface area contributed by atoms with Gasteiger partial charge in [-0.15, -0.1) is 0 Å². The SMILES string of the molecule is CCC1CCCC(C(NC)c2ccc(F)c(Cl)c2)C1. The fourth-order valence-electron chi connectivity index (χ4n) is 3.39. The largest absolute Gasteiger partial charge is 0.313 e. The van der Waals surface area contributed by atoms with Gasteiger partial charge in [0, 0.05) is 6.04 Å². The third kappa shape index (κ3) is 3.49. The van der Waals surface area contributed by atoms with E-state index in [1.807, 2.05) is 13.1 Å². The van der Waals surface area contributed by atoms with Crippen LogP contribution in [0.3, 0.4) is 0 Å². The molecule has 1 nitrogen and oxygen atoms in total. The van der Waals surface area contributed by atoms with Crippen molar-refractivity contribution in [2.45, 2.75) is 45.1 Å². The fraction of sp³-hybridized carbons (Fsp3) is 0.625. The lowest BCUT2D eigenvalue weighted by atomic mass is 9.75. The van der Waals surface area contributed by atoms with Crippen LogP contribution in [0.15, 0.2) is 18.2 Å². The highest BCUT2D eigenvalue weighted by molar-refractivity contribution is 6.30. The van der Waals surface area contributed by atoms with Crippen molar-refractivity contribution in [3.05, 3.63) is 34.6 Å². The Hall–Kier alpha value is -0.600. The molecule has 0 heterocycles. The van der Waals surface area contributed by atoms with Gasteiger partial charge in [-0.3, -0.25) is 0 Å². The molecular weight excluding hydrogens is 261 g/mol. The van der Waals surface area contributed by atoms with Crippen molar-refractivity contribution in [3.63, 3.8) is 0 Å². The van der Waals surface area contributed by atoms with Crippen LogP contribution in [0, 0.1) is 17.7 Å². The highest BCUT2D eigenvalue weighted by Gasteiger charge is 2.28. The molecule has 3 heteroatoms. The molecule has 0 aliphatic heterocycles. The van der Waals surface area contributed by atoms with Gasteiger partial charge in [0.1, 0.15) is 5.82 Å². The molecule has 0 radical (unpaired) electrons. The van der Waals surface area contributed by atoms with Gasteiger partial charge in [-0.2, -0.15) is 0 Å². The van der Waals surface area contributed by atoms with E-state index in [-0.39, 0.29) is 16.9 Å². The third-order valence-electron chi connectivity index (χ3n) is 4.49. The zero-order valence-corrected chi connectivity index (χ0v) is 12.5. The van der Waals surface area contributed by atoms with E-state index in [4.69, 9.17) is 11.6 Å². The number of benzene rings is 1. The molecule has 106 valence electrons. The van der Waals surface area contributed by atoms with Crippen LogP contribution in [0.5, 0.6) is 0 Å². The molecule has 0 bridgehead atoms. The minimum absolute atomic E-state index is 0.223. The van der Waals surface area contributed by atoms with Crippen LogP contribution in [-0.4, -0.2) is 7.05 Å². The predicted octanol–water partition coefficient (Wildman–Crippen LogP) is 4.96. The Morgan fingerprint density at radius 3 is 2.84 bits per heavy atom. The second kappa shape index (κ2) is 6.71. The molecule has 1 fully saturated rings. The van der Waals surface area contributed by atoms with Crippen molar-refractivity contribution in [1.82, 2.24) is 5.32 Å². The van der Waals surface area contributed by atoms with E-state index >= 15 is 0 Å². The molecule has 2 rings (SSSR count). The van der Waals surface area contributed by atoms with Crippen molar-refractivity contribution in [2.24, 2.45) is 11.8 Å². The van der Waals surface area contributed by atoms with E-state index in [0.29, 0.717) is 5.92 Å². The topological polar surface area (TPSA) is 12.0 Å². The molecule has 1 aliphatic carbocycles. The average molecular weight is 284 g/mol.